The first-order valence-corrected chi connectivity index (χ1v) is 6.31. The number of piperidine rings is 1. The molecule has 2 rings (SSSR count). The molecule has 16 heavy (non-hydrogen) atoms. The number of furan rings is 1. The van der Waals surface area contributed by atoms with Gasteiger partial charge in [-0.15, -0.1) is 0 Å². The van der Waals surface area contributed by atoms with E-state index in [0.717, 1.165) is 5.76 Å². The van der Waals surface area contributed by atoms with E-state index in [1.807, 2.05) is 12.1 Å². The largest absolute Gasteiger partial charge is 0.468 e. The van der Waals surface area contributed by atoms with Crippen molar-refractivity contribution in [3.63, 3.8) is 0 Å². The van der Waals surface area contributed by atoms with E-state index in [2.05, 4.69) is 24.1 Å². The Hall–Kier alpha value is -0.800. The van der Waals surface area contributed by atoms with Crippen LogP contribution in [0, 0.1) is 0 Å². The van der Waals surface area contributed by atoms with E-state index in [9.17, 15) is 0 Å². The predicted molar refractivity (Wildman–Crippen MR) is 65.4 cm³/mol. The van der Waals surface area contributed by atoms with Gasteiger partial charge < -0.3 is 14.6 Å². The van der Waals surface area contributed by atoms with Gasteiger partial charge in [-0.25, -0.2) is 0 Å². The Morgan fingerprint density at radius 2 is 2.25 bits per heavy atom. The zero-order valence-electron chi connectivity index (χ0n) is 10.3. The summed E-state index contributed by atoms with van der Waals surface area (Å²) >= 11 is 0. The lowest BCUT2D eigenvalue weighted by Gasteiger charge is -2.32. The van der Waals surface area contributed by atoms with Crippen LogP contribution in [-0.4, -0.2) is 30.6 Å². The highest BCUT2D eigenvalue weighted by Gasteiger charge is 2.20. The molecule has 1 aliphatic heterocycles. The van der Waals surface area contributed by atoms with Crippen molar-refractivity contribution >= 4 is 0 Å². The van der Waals surface area contributed by atoms with Gasteiger partial charge in [0.05, 0.1) is 12.3 Å². The van der Waals surface area contributed by atoms with Gasteiger partial charge in [0.1, 0.15) is 5.76 Å². The molecule has 0 aliphatic carbocycles. The quantitative estimate of drug-likeness (QED) is 0.848. The fourth-order valence-electron chi connectivity index (χ4n) is 2.39. The highest BCUT2D eigenvalue weighted by molar-refractivity contribution is 5.03. The lowest BCUT2D eigenvalue weighted by atomic mass is 10.0. The summed E-state index contributed by atoms with van der Waals surface area (Å²) in [5.41, 5.74) is 0. The Bertz CT molecular complexity index is 289. The average Bonchev–Trinajstić information content (AvgIpc) is 2.83. The fourth-order valence-corrected chi connectivity index (χ4v) is 2.39. The highest BCUT2D eigenvalue weighted by atomic mass is 16.3. The Morgan fingerprint density at radius 3 is 2.81 bits per heavy atom. The van der Waals surface area contributed by atoms with Crippen molar-refractivity contribution in [3.05, 3.63) is 24.2 Å². The predicted octanol–water partition coefficient (Wildman–Crippen LogP) is 2.41. The van der Waals surface area contributed by atoms with Crippen molar-refractivity contribution in [2.24, 2.45) is 0 Å². The monoisotopic (exact) mass is 222 g/mol. The molecule has 0 saturated carbocycles. The number of hydrogen-bond acceptors (Lipinski definition) is 3. The van der Waals surface area contributed by atoms with Gasteiger partial charge in [-0.1, -0.05) is 6.92 Å². The Labute approximate surface area is 97.8 Å². The Kier molecular flexibility index (Phi) is 4.02. The summed E-state index contributed by atoms with van der Waals surface area (Å²) < 4.78 is 5.41. The van der Waals surface area contributed by atoms with Crippen molar-refractivity contribution < 1.29 is 4.42 Å². The van der Waals surface area contributed by atoms with Gasteiger partial charge in [-0.2, -0.15) is 0 Å². The van der Waals surface area contributed by atoms with Crippen LogP contribution >= 0.6 is 0 Å². The molecule has 1 atom stereocenters. The van der Waals surface area contributed by atoms with E-state index >= 15 is 0 Å². The van der Waals surface area contributed by atoms with Gasteiger partial charge in [0, 0.05) is 6.04 Å². The molecule has 2 heterocycles. The average molecular weight is 222 g/mol. The topological polar surface area (TPSA) is 28.4 Å². The molecule has 90 valence electrons. The highest BCUT2D eigenvalue weighted by Crippen LogP contribution is 2.17. The van der Waals surface area contributed by atoms with Gasteiger partial charge in [0.15, 0.2) is 0 Å². The second-order valence-corrected chi connectivity index (χ2v) is 4.61. The lowest BCUT2D eigenvalue weighted by Crippen LogP contribution is -2.43. The maximum absolute atomic E-state index is 5.41. The molecule has 0 radical (unpaired) electrons. The van der Waals surface area contributed by atoms with Crippen LogP contribution in [0.1, 0.15) is 38.5 Å². The second kappa shape index (κ2) is 5.51. The van der Waals surface area contributed by atoms with E-state index < -0.39 is 0 Å². The summed E-state index contributed by atoms with van der Waals surface area (Å²) in [6.45, 7) is 8.03. The summed E-state index contributed by atoms with van der Waals surface area (Å²) in [4.78, 5) is 2.51. The SMILES string of the molecule is CCN1CCC(N[C@@H](C)c2ccco2)CC1. The number of nitrogens with one attached hydrogen (secondary N) is 1. The molecule has 1 aromatic heterocycles. The molecule has 1 aromatic rings. The van der Waals surface area contributed by atoms with Crippen LogP contribution in [0.15, 0.2) is 22.8 Å². The van der Waals surface area contributed by atoms with Crippen LogP contribution in [-0.2, 0) is 0 Å². The van der Waals surface area contributed by atoms with Crippen LogP contribution < -0.4 is 5.32 Å². The third-order valence-corrected chi connectivity index (χ3v) is 3.49. The number of nitrogens with zero attached hydrogens (tertiary/aromatic N) is 1. The molecule has 3 nitrogen and oxygen atoms in total. The number of likely N-dealkylation sites (tertiary alicyclic amines) is 1. The van der Waals surface area contributed by atoms with Crippen molar-refractivity contribution in [2.75, 3.05) is 19.6 Å². The van der Waals surface area contributed by atoms with E-state index in [1.54, 1.807) is 6.26 Å². The molecule has 1 N–H and O–H groups in total. The summed E-state index contributed by atoms with van der Waals surface area (Å²) in [5, 5.41) is 3.65. The standard InChI is InChI=1S/C13H22N2O/c1-3-15-8-6-12(7-9-15)14-11(2)13-5-4-10-16-13/h4-5,10-12,14H,3,6-9H2,1-2H3/t11-/m0/s1. The minimum Gasteiger partial charge on any atom is -0.468 e. The van der Waals surface area contributed by atoms with Crippen molar-refractivity contribution in [2.45, 2.75) is 38.8 Å². The molecule has 1 saturated heterocycles. The third kappa shape index (κ3) is 2.86. The van der Waals surface area contributed by atoms with E-state index in [1.165, 1.54) is 32.5 Å². The van der Waals surface area contributed by atoms with E-state index in [0.29, 0.717) is 12.1 Å². The Morgan fingerprint density at radius 1 is 1.50 bits per heavy atom. The maximum atomic E-state index is 5.41. The molecule has 0 bridgehead atoms. The van der Waals surface area contributed by atoms with Crippen LogP contribution in [0.2, 0.25) is 0 Å². The minimum absolute atomic E-state index is 0.327. The molecule has 0 aromatic carbocycles. The van der Waals surface area contributed by atoms with E-state index in [-0.39, 0.29) is 0 Å². The van der Waals surface area contributed by atoms with E-state index in [4.69, 9.17) is 4.42 Å². The molecule has 0 spiro atoms. The molecule has 0 unspecified atom stereocenters. The van der Waals surface area contributed by atoms with Crippen molar-refractivity contribution in [1.29, 1.82) is 0 Å². The molecule has 3 heteroatoms. The normalized spacial score (nSPS) is 21.1. The van der Waals surface area contributed by atoms with Gasteiger partial charge in [-0.3, -0.25) is 0 Å². The Balaban J connectivity index is 1.78. The first kappa shape index (κ1) is 11.7. The van der Waals surface area contributed by atoms with Crippen LogP contribution in [0.5, 0.6) is 0 Å². The molecule has 1 fully saturated rings. The van der Waals surface area contributed by atoms with Gasteiger partial charge in [-0.05, 0) is 51.5 Å². The summed E-state index contributed by atoms with van der Waals surface area (Å²) in [5.74, 6) is 1.04. The summed E-state index contributed by atoms with van der Waals surface area (Å²) in [6.07, 6.45) is 4.24. The summed E-state index contributed by atoms with van der Waals surface area (Å²) in [6, 6.07) is 4.96. The third-order valence-electron chi connectivity index (χ3n) is 3.49. The van der Waals surface area contributed by atoms with Crippen LogP contribution in [0.4, 0.5) is 0 Å². The molecule has 0 amide bonds. The van der Waals surface area contributed by atoms with Crippen molar-refractivity contribution in [1.82, 2.24) is 10.2 Å². The lowest BCUT2D eigenvalue weighted by molar-refractivity contribution is 0.197. The first-order valence-electron chi connectivity index (χ1n) is 6.31. The van der Waals surface area contributed by atoms with Gasteiger partial charge in [0.25, 0.3) is 0 Å². The van der Waals surface area contributed by atoms with Gasteiger partial charge >= 0.3 is 0 Å². The smallest absolute Gasteiger partial charge is 0.120 e. The number of rotatable bonds is 4. The fraction of sp³-hybridized carbons (Fsp3) is 0.692. The minimum atomic E-state index is 0.327. The summed E-state index contributed by atoms with van der Waals surface area (Å²) in [7, 11) is 0. The van der Waals surface area contributed by atoms with Crippen molar-refractivity contribution in [3.8, 4) is 0 Å². The molecular formula is C13H22N2O. The first-order chi connectivity index (χ1) is 7.79. The zero-order valence-corrected chi connectivity index (χ0v) is 10.3. The van der Waals surface area contributed by atoms with Crippen LogP contribution in [0.25, 0.3) is 0 Å². The maximum Gasteiger partial charge on any atom is 0.120 e. The second-order valence-electron chi connectivity index (χ2n) is 4.61. The molecular weight excluding hydrogens is 200 g/mol. The zero-order chi connectivity index (χ0) is 11.4. The van der Waals surface area contributed by atoms with Gasteiger partial charge in [0.2, 0.25) is 0 Å². The van der Waals surface area contributed by atoms with Crippen LogP contribution in [0.3, 0.4) is 0 Å². The molecule has 1 aliphatic rings. The number of hydrogen-bond donors (Lipinski definition) is 1.